The number of carbonyl (C=O) groups excluding carboxylic acids is 1. The second-order valence-electron chi connectivity index (χ2n) is 5.97. The number of carbonyl (C=O) groups is 1. The van der Waals surface area contributed by atoms with Crippen LogP contribution in [0.15, 0.2) is 59.1 Å². The van der Waals surface area contributed by atoms with E-state index in [4.69, 9.17) is 4.52 Å². The molecule has 1 N–H and O–H groups in total. The van der Waals surface area contributed by atoms with Crippen molar-refractivity contribution < 1.29 is 9.32 Å². The summed E-state index contributed by atoms with van der Waals surface area (Å²) in [5.74, 6) is 0.718. The number of rotatable bonds is 6. The predicted octanol–water partition coefficient (Wildman–Crippen LogP) is 3.86. The van der Waals surface area contributed by atoms with E-state index in [0.29, 0.717) is 11.7 Å². The molecule has 128 valence electrons. The zero-order valence-corrected chi connectivity index (χ0v) is 14.4. The Bertz CT molecular complexity index is 843. The molecule has 0 spiro atoms. The SMILES string of the molecule is CC[C@H](C(=O)NCc1noc(-c2cccc(C)c2)n1)c1ccccc1. The van der Waals surface area contributed by atoms with Crippen molar-refractivity contribution in [1.82, 2.24) is 15.5 Å². The molecule has 0 aliphatic heterocycles. The minimum absolute atomic E-state index is 0.0318. The van der Waals surface area contributed by atoms with Gasteiger partial charge in [0.2, 0.25) is 5.91 Å². The molecule has 0 aliphatic rings. The Morgan fingerprint density at radius 2 is 1.96 bits per heavy atom. The zero-order chi connectivity index (χ0) is 17.6. The number of nitrogens with one attached hydrogen (secondary N) is 1. The van der Waals surface area contributed by atoms with Crippen molar-refractivity contribution in [3.05, 3.63) is 71.5 Å². The summed E-state index contributed by atoms with van der Waals surface area (Å²) in [6, 6.07) is 17.6. The Morgan fingerprint density at radius 1 is 1.16 bits per heavy atom. The summed E-state index contributed by atoms with van der Waals surface area (Å²) in [5, 5.41) is 6.85. The lowest BCUT2D eigenvalue weighted by Gasteiger charge is -2.14. The van der Waals surface area contributed by atoms with Crippen LogP contribution >= 0.6 is 0 Å². The standard InChI is InChI=1S/C20H21N3O2/c1-3-17(15-9-5-4-6-10-15)19(24)21-13-18-22-20(25-23-18)16-11-7-8-14(2)12-16/h4-12,17H,3,13H2,1-2H3,(H,21,24)/t17-/m0/s1. The molecular weight excluding hydrogens is 314 g/mol. The first-order chi connectivity index (χ1) is 12.2. The monoisotopic (exact) mass is 335 g/mol. The summed E-state index contributed by atoms with van der Waals surface area (Å²) < 4.78 is 5.30. The van der Waals surface area contributed by atoms with Gasteiger partial charge in [-0.25, -0.2) is 0 Å². The maximum atomic E-state index is 12.5. The van der Waals surface area contributed by atoms with Gasteiger partial charge in [-0.1, -0.05) is 60.1 Å². The molecule has 5 nitrogen and oxygen atoms in total. The molecule has 25 heavy (non-hydrogen) atoms. The van der Waals surface area contributed by atoms with E-state index in [1.807, 2.05) is 68.4 Å². The molecule has 0 fully saturated rings. The number of nitrogens with zero attached hydrogens (tertiary/aromatic N) is 2. The van der Waals surface area contributed by atoms with Gasteiger partial charge >= 0.3 is 0 Å². The van der Waals surface area contributed by atoms with E-state index in [1.54, 1.807) is 0 Å². The summed E-state index contributed by atoms with van der Waals surface area (Å²) in [6.07, 6.45) is 0.733. The molecule has 3 aromatic rings. The third-order valence-corrected chi connectivity index (χ3v) is 4.08. The van der Waals surface area contributed by atoms with Crippen LogP contribution in [0.2, 0.25) is 0 Å². The van der Waals surface area contributed by atoms with Gasteiger partial charge in [0.05, 0.1) is 12.5 Å². The summed E-state index contributed by atoms with van der Waals surface area (Å²) in [6.45, 7) is 4.26. The molecular formula is C20H21N3O2. The van der Waals surface area contributed by atoms with E-state index in [0.717, 1.165) is 23.1 Å². The molecule has 1 amide bonds. The van der Waals surface area contributed by atoms with Crippen LogP contribution in [0.3, 0.4) is 0 Å². The van der Waals surface area contributed by atoms with E-state index >= 15 is 0 Å². The predicted molar refractivity (Wildman–Crippen MR) is 95.8 cm³/mol. The maximum absolute atomic E-state index is 12.5. The van der Waals surface area contributed by atoms with Gasteiger partial charge in [-0.15, -0.1) is 0 Å². The number of amides is 1. The van der Waals surface area contributed by atoms with E-state index in [9.17, 15) is 4.79 Å². The fourth-order valence-corrected chi connectivity index (χ4v) is 2.77. The molecule has 1 aromatic heterocycles. The zero-order valence-electron chi connectivity index (χ0n) is 14.4. The number of aryl methyl sites for hydroxylation is 1. The molecule has 0 saturated carbocycles. The normalized spacial score (nSPS) is 11.9. The smallest absolute Gasteiger partial charge is 0.257 e. The van der Waals surface area contributed by atoms with E-state index in [2.05, 4.69) is 15.5 Å². The van der Waals surface area contributed by atoms with Crippen molar-refractivity contribution in [1.29, 1.82) is 0 Å². The van der Waals surface area contributed by atoms with Crippen LogP contribution in [0.1, 0.15) is 36.2 Å². The third kappa shape index (κ3) is 4.12. The van der Waals surface area contributed by atoms with Gasteiger partial charge in [0.15, 0.2) is 5.82 Å². The molecule has 0 saturated heterocycles. The van der Waals surface area contributed by atoms with Crippen molar-refractivity contribution in [2.45, 2.75) is 32.7 Å². The Balaban J connectivity index is 1.65. The van der Waals surface area contributed by atoms with Gasteiger partial charge < -0.3 is 9.84 Å². The molecule has 5 heteroatoms. The van der Waals surface area contributed by atoms with Crippen molar-refractivity contribution >= 4 is 5.91 Å². The number of benzene rings is 2. The van der Waals surface area contributed by atoms with Crippen LogP contribution in [0.25, 0.3) is 11.5 Å². The first kappa shape index (κ1) is 16.9. The molecule has 0 radical (unpaired) electrons. The first-order valence-corrected chi connectivity index (χ1v) is 8.39. The lowest BCUT2D eigenvalue weighted by atomic mass is 9.96. The van der Waals surface area contributed by atoms with Crippen LogP contribution in [-0.4, -0.2) is 16.0 Å². The van der Waals surface area contributed by atoms with Crippen LogP contribution in [0.4, 0.5) is 0 Å². The second kappa shape index (κ2) is 7.75. The number of hydrogen-bond acceptors (Lipinski definition) is 4. The highest BCUT2D eigenvalue weighted by atomic mass is 16.5. The quantitative estimate of drug-likeness (QED) is 0.743. The summed E-state index contributed by atoms with van der Waals surface area (Å²) >= 11 is 0. The van der Waals surface area contributed by atoms with Crippen LogP contribution in [0.5, 0.6) is 0 Å². The Kier molecular flexibility index (Phi) is 5.23. The fraction of sp³-hybridized carbons (Fsp3) is 0.250. The van der Waals surface area contributed by atoms with Gasteiger partial charge in [0.25, 0.3) is 5.89 Å². The third-order valence-electron chi connectivity index (χ3n) is 4.08. The van der Waals surface area contributed by atoms with Gasteiger partial charge in [-0.3, -0.25) is 4.79 Å². The second-order valence-corrected chi connectivity index (χ2v) is 5.97. The minimum Gasteiger partial charge on any atom is -0.348 e. The molecule has 2 aromatic carbocycles. The Hall–Kier alpha value is -2.95. The van der Waals surface area contributed by atoms with E-state index < -0.39 is 0 Å². The summed E-state index contributed by atoms with van der Waals surface area (Å²) in [5.41, 5.74) is 3.01. The topological polar surface area (TPSA) is 68.0 Å². The van der Waals surface area contributed by atoms with E-state index in [-0.39, 0.29) is 18.4 Å². The van der Waals surface area contributed by atoms with Crippen LogP contribution in [-0.2, 0) is 11.3 Å². The molecule has 3 rings (SSSR count). The van der Waals surface area contributed by atoms with E-state index in [1.165, 1.54) is 0 Å². The van der Waals surface area contributed by atoms with Crippen LogP contribution < -0.4 is 5.32 Å². The van der Waals surface area contributed by atoms with Gasteiger partial charge in [-0.05, 0) is 31.0 Å². The molecule has 0 unspecified atom stereocenters. The van der Waals surface area contributed by atoms with Crippen LogP contribution in [0, 0.1) is 6.92 Å². The number of aromatic nitrogens is 2. The molecule has 0 aliphatic carbocycles. The molecule has 1 heterocycles. The van der Waals surface area contributed by atoms with Crippen molar-refractivity contribution in [2.75, 3.05) is 0 Å². The average Bonchev–Trinajstić information content (AvgIpc) is 3.11. The highest BCUT2D eigenvalue weighted by Gasteiger charge is 2.19. The number of hydrogen-bond donors (Lipinski definition) is 1. The highest BCUT2D eigenvalue weighted by molar-refractivity contribution is 5.83. The fourth-order valence-electron chi connectivity index (χ4n) is 2.77. The Labute approximate surface area is 147 Å². The van der Waals surface area contributed by atoms with Gasteiger partial charge in [0.1, 0.15) is 0 Å². The maximum Gasteiger partial charge on any atom is 0.257 e. The first-order valence-electron chi connectivity index (χ1n) is 8.39. The minimum atomic E-state index is -0.177. The molecule has 0 bridgehead atoms. The van der Waals surface area contributed by atoms with Gasteiger partial charge in [0, 0.05) is 5.56 Å². The van der Waals surface area contributed by atoms with Gasteiger partial charge in [-0.2, -0.15) is 4.98 Å². The van der Waals surface area contributed by atoms with Crippen molar-refractivity contribution in [2.24, 2.45) is 0 Å². The average molecular weight is 335 g/mol. The summed E-state index contributed by atoms with van der Waals surface area (Å²) in [4.78, 5) is 16.8. The van der Waals surface area contributed by atoms with Crippen molar-refractivity contribution in [3.63, 3.8) is 0 Å². The molecule has 1 atom stereocenters. The Morgan fingerprint density at radius 3 is 2.68 bits per heavy atom. The largest absolute Gasteiger partial charge is 0.348 e. The highest BCUT2D eigenvalue weighted by Crippen LogP contribution is 2.20. The lowest BCUT2D eigenvalue weighted by Crippen LogP contribution is -2.29. The summed E-state index contributed by atoms with van der Waals surface area (Å²) in [7, 11) is 0. The lowest BCUT2D eigenvalue weighted by molar-refractivity contribution is -0.122. The van der Waals surface area contributed by atoms with Crippen molar-refractivity contribution in [3.8, 4) is 11.5 Å².